The van der Waals surface area contributed by atoms with Crippen LogP contribution in [0.3, 0.4) is 0 Å². The number of fused-ring (bicyclic) bond motifs is 1. The van der Waals surface area contributed by atoms with Crippen molar-refractivity contribution >= 4 is 28.7 Å². The first-order valence-corrected chi connectivity index (χ1v) is 13.7. The van der Waals surface area contributed by atoms with Crippen LogP contribution < -0.4 is 14.4 Å². The topological polar surface area (TPSA) is 86.1 Å². The predicted molar refractivity (Wildman–Crippen MR) is 151 cm³/mol. The van der Waals surface area contributed by atoms with Crippen LogP contribution in [0.5, 0.6) is 11.5 Å². The number of esters is 1. The fraction of sp³-hybridized carbons (Fsp3) is 0.500. The highest BCUT2D eigenvalue weighted by Crippen LogP contribution is 2.33. The van der Waals surface area contributed by atoms with Gasteiger partial charge in [-0.3, -0.25) is 9.69 Å². The van der Waals surface area contributed by atoms with Crippen LogP contribution in [-0.4, -0.2) is 58.9 Å². The Morgan fingerprint density at radius 3 is 2.64 bits per heavy atom. The molecule has 1 fully saturated rings. The SMILES string of the molecule is CCCCCOc1cc(N2CCCN(Cc3cccc4c3ncn4CC(=O)OC(C)(C)C)C2=O)ccc1OC. The van der Waals surface area contributed by atoms with Gasteiger partial charge in [0.1, 0.15) is 12.1 Å². The van der Waals surface area contributed by atoms with Crippen molar-refractivity contribution in [3.63, 3.8) is 0 Å². The number of amides is 2. The molecule has 9 nitrogen and oxygen atoms in total. The monoisotopic (exact) mass is 536 g/mol. The molecule has 1 aliphatic rings. The lowest BCUT2D eigenvalue weighted by atomic mass is 10.1. The number of imidazole rings is 1. The molecule has 39 heavy (non-hydrogen) atoms. The van der Waals surface area contributed by atoms with Crippen LogP contribution in [0.4, 0.5) is 10.5 Å². The van der Waals surface area contributed by atoms with Crippen LogP contribution in [0.15, 0.2) is 42.7 Å². The van der Waals surface area contributed by atoms with Crippen molar-refractivity contribution in [1.29, 1.82) is 0 Å². The first kappa shape index (κ1) is 28.3. The third-order valence-corrected chi connectivity index (χ3v) is 6.59. The molecule has 4 rings (SSSR count). The van der Waals surface area contributed by atoms with Gasteiger partial charge in [-0.15, -0.1) is 0 Å². The molecule has 1 aliphatic heterocycles. The van der Waals surface area contributed by atoms with E-state index < -0.39 is 5.60 Å². The van der Waals surface area contributed by atoms with Gasteiger partial charge in [0.25, 0.3) is 0 Å². The van der Waals surface area contributed by atoms with E-state index in [1.165, 1.54) is 0 Å². The number of benzene rings is 2. The number of methoxy groups -OCH3 is 1. The number of hydrogen-bond acceptors (Lipinski definition) is 6. The van der Waals surface area contributed by atoms with Crippen LogP contribution >= 0.6 is 0 Å². The normalized spacial score (nSPS) is 14.1. The van der Waals surface area contributed by atoms with E-state index in [1.807, 2.05) is 62.1 Å². The van der Waals surface area contributed by atoms with Crippen molar-refractivity contribution in [1.82, 2.24) is 14.5 Å². The molecular formula is C30H40N4O5. The number of hydrogen-bond donors (Lipinski definition) is 0. The zero-order valence-corrected chi connectivity index (χ0v) is 23.7. The Bertz CT molecular complexity index is 1300. The fourth-order valence-electron chi connectivity index (χ4n) is 4.77. The predicted octanol–water partition coefficient (Wildman–Crippen LogP) is 5.79. The Hall–Kier alpha value is -3.75. The lowest BCUT2D eigenvalue weighted by Crippen LogP contribution is -2.49. The molecule has 2 amide bonds. The second kappa shape index (κ2) is 12.4. The molecule has 0 atom stereocenters. The van der Waals surface area contributed by atoms with Crippen molar-refractivity contribution in [2.45, 2.75) is 72.1 Å². The minimum atomic E-state index is -0.551. The number of urea groups is 1. The van der Waals surface area contributed by atoms with E-state index in [1.54, 1.807) is 22.9 Å². The summed E-state index contributed by atoms with van der Waals surface area (Å²) in [6.45, 7) is 10.1. The average molecular weight is 537 g/mol. The summed E-state index contributed by atoms with van der Waals surface area (Å²) in [4.78, 5) is 34.2. The van der Waals surface area contributed by atoms with Crippen LogP contribution in [0.1, 0.15) is 58.9 Å². The number of carbonyl (C=O) groups is 2. The Morgan fingerprint density at radius 2 is 1.90 bits per heavy atom. The summed E-state index contributed by atoms with van der Waals surface area (Å²) < 4.78 is 18.7. The molecule has 0 spiro atoms. The van der Waals surface area contributed by atoms with Crippen molar-refractivity contribution < 1.29 is 23.8 Å². The maximum atomic E-state index is 13.6. The second-order valence-corrected chi connectivity index (χ2v) is 10.8. The molecule has 2 heterocycles. The standard InChI is InChI=1S/C30H40N4O5/c1-6-7-8-17-38-26-18-23(13-14-25(26)37-5)34-16-10-15-32(29(34)36)19-22-11-9-12-24-28(22)31-21-33(24)20-27(35)39-30(2,3)4/h9,11-14,18,21H,6-8,10,15-17,19-20H2,1-5H3. The van der Waals surface area contributed by atoms with E-state index in [-0.39, 0.29) is 18.5 Å². The lowest BCUT2D eigenvalue weighted by Gasteiger charge is -2.36. The van der Waals surface area contributed by atoms with Crippen LogP contribution in [0.25, 0.3) is 11.0 Å². The Morgan fingerprint density at radius 1 is 1.08 bits per heavy atom. The van der Waals surface area contributed by atoms with Gasteiger partial charge in [0.2, 0.25) is 0 Å². The van der Waals surface area contributed by atoms with Gasteiger partial charge in [0.05, 0.1) is 31.1 Å². The molecule has 9 heteroatoms. The summed E-state index contributed by atoms with van der Waals surface area (Å²) in [5.41, 5.74) is 2.78. The van der Waals surface area contributed by atoms with Gasteiger partial charge in [-0.25, -0.2) is 9.78 Å². The Labute approximate surface area is 230 Å². The van der Waals surface area contributed by atoms with E-state index in [9.17, 15) is 9.59 Å². The fourth-order valence-corrected chi connectivity index (χ4v) is 4.77. The van der Waals surface area contributed by atoms with Gasteiger partial charge >= 0.3 is 12.0 Å². The third-order valence-electron chi connectivity index (χ3n) is 6.59. The summed E-state index contributed by atoms with van der Waals surface area (Å²) in [7, 11) is 1.62. The second-order valence-electron chi connectivity index (χ2n) is 10.8. The average Bonchev–Trinajstić information content (AvgIpc) is 3.30. The molecular weight excluding hydrogens is 496 g/mol. The number of unbranched alkanes of at least 4 members (excludes halogenated alkanes) is 2. The molecule has 0 bridgehead atoms. The summed E-state index contributed by atoms with van der Waals surface area (Å²) in [6, 6.07) is 11.4. The number of rotatable bonds is 11. The number of para-hydroxylation sites is 1. The molecule has 1 aromatic heterocycles. The van der Waals surface area contributed by atoms with Crippen molar-refractivity contribution in [2.24, 2.45) is 0 Å². The molecule has 2 aromatic carbocycles. The minimum absolute atomic E-state index is 0.0615. The first-order valence-electron chi connectivity index (χ1n) is 13.7. The van der Waals surface area contributed by atoms with Crippen LogP contribution in [0, 0.1) is 0 Å². The number of nitrogens with zero attached hydrogens (tertiary/aromatic N) is 4. The van der Waals surface area contributed by atoms with Gasteiger partial charge in [-0.05, 0) is 57.4 Å². The maximum absolute atomic E-state index is 13.6. The van der Waals surface area contributed by atoms with E-state index in [0.717, 1.165) is 48.0 Å². The van der Waals surface area contributed by atoms with E-state index in [0.29, 0.717) is 37.7 Å². The quantitative estimate of drug-likeness (QED) is 0.228. The van der Waals surface area contributed by atoms with Crippen molar-refractivity contribution in [2.75, 3.05) is 31.7 Å². The van der Waals surface area contributed by atoms with E-state index in [2.05, 4.69) is 11.9 Å². The number of anilines is 1. The van der Waals surface area contributed by atoms with E-state index in [4.69, 9.17) is 14.2 Å². The summed E-state index contributed by atoms with van der Waals surface area (Å²) in [5.74, 6) is 0.990. The Balaban J connectivity index is 1.49. The Kier molecular flexibility index (Phi) is 8.99. The van der Waals surface area contributed by atoms with Gasteiger partial charge in [0, 0.05) is 31.4 Å². The van der Waals surface area contributed by atoms with Gasteiger partial charge in [-0.1, -0.05) is 31.9 Å². The van der Waals surface area contributed by atoms with E-state index >= 15 is 0 Å². The highest BCUT2D eigenvalue weighted by Gasteiger charge is 2.28. The molecule has 3 aromatic rings. The highest BCUT2D eigenvalue weighted by atomic mass is 16.6. The third kappa shape index (κ3) is 7.02. The number of ether oxygens (including phenoxy) is 3. The molecule has 0 aliphatic carbocycles. The maximum Gasteiger partial charge on any atom is 0.326 e. The van der Waals surface area contributed by atoms with Crippen molar-refractivity contribution in [3.8, 4) is 11.5 Å². The van der Waals surface area contributed by atoms with Crippen LogP contribution in [0.2, 0.25) is 0 Å². The smallest absolute Gasteiger partial charge is 0.326 e. The number of carbonyl (C=O) groups excluding carboxylic acids is 2. The molecule has 1 saturated heterocycles. The highest BCUT2D eigenvalue weighted by molar-refractivity contribution is 5.93. The number of aromatic nitrogens is 2. The summed E-state index contributed by atoms with van der Waals surface area (Å²) in [6.07, 6.45) is 5.69. The zero-order chi connectivity index (χ0) is 28.0. The lowest BCUT2D eigenvalue weighted by molar-refractivity contribution is -0.155. The summed E-state index contributed by atoms with van der Waals surface area (Å²) in [5, 5.41) is 0. The zero-order valence-electron chi connectivity index (χ0n) is 23.7. The molecule has 0 radical (unpaired) electrons. The largest absolute Gasteiger partial charge is 0.493 e. The van der Waals surface area contributed by atoms with Gasteiger partial charge in [-0.2, -0.15) is 0 Å². The molecule has 0 saturated carbocycles. The van der Waals surface area contributed by atoms with Crippen molar-refractivity contribution in [3.05, 3.63) is 48.3 Å². The van der Waals surface area contributed by atoms with Gasteiger partial charge in [0.15, 0.2) is 11.5 Å². The molecule has 0 N–H and O–H groups in total. The first-order chi connectivity index (χ1) is 18.7. The van der Waals surface area contributed by atoms with Crippen LogP contribution in [-0.2, 0) is 22.6 Å². The molecule has 0 unspecified atom stereocenters. The van der Waals surface area contributed by atoms with Gasteiger partial charge < -0.3 is 23.7 Å². The minimum Gasteiger partial charge on any atom is -0.493 e. The molecule has 210 valence electrons. The summed E-state index contributed by atoms with van der Waals surface area (Å²) >= 11 is 0.